The quantitative estimate of drug-likeness (QED) is 0.0786. The smallest absolute Gasteiger partial charge is 0.187 e. The lowest BCUT2D eigenvalue weighted by Crippen LogP contribution is -2.68. The molecule has 11 fully saturated rings. The zero-order valence-corrected chi connectivity index (χ0v) is 46.4. The molecular formula is C55H90O26. The van der Waals surface area contributed by atoms with E-state index in [1.807, 2.05) is 0 Å². The zero-order valence-electron chi connectivity index (χ0n) is 46.4. The van der Waals surface area contributed by atoms with Crippen LogP contribution in [0.2, 0.25) is 0 Å². The van der Waals surface area contributed by atoms with Gasteiger partial charge in [-0.3, -0.25) is 0 Å². The van der Waals surface area contributed by atoms with E-state index >= 15 is 0 Å². The molecule has 0 amide bonds. The third-order valence-corrected chi connectivity index (χ3v) is 21.7. The molecule has 0 bridgehead atoms. The first-order chi connectivity index (χ1) is 38.6. The van der Waals surface area contributed by atoms with Crippen molar-refractivity contribution in [1.82, 2.24) is 0 Å². The summed E-state index contributed by atoms with van der Waals surface area (Å²) < 4.78 is 73.6. The highest BCUT2D eigenvalue weighted by molar-refractivity contribution is 5.16. The first-order valence-electron chi connectivity index (χ1n) is 29.7. The topological polar surface area (TPSA) is 394 Å². The fraction of sp³-hybridized carbons (Fsp3) is 1.00. The molecule has 0 aromatic heterocycles. The van der Waals surface area contributed by atoms with E-state index < -0.39 is 186 Å². The van der Waals surface area contributed by atoms with Gasteiger partial charge in [-0.25, -0.2) is 0 Å². The summed E-state index contributed by atoms with van der Waals surface area (Å²) in [7, 11) is 0. The van der Waals surface area contributed by atoms with Gasteiger partial charge in [0, 0.05) is 12.3 Å². The average Bonchev–Trinajstić information content (AvgIpc) is 4.15. The summed E-state index contributed by atoms with van der Waals surface area (Å²) in [5.41, 5.74) is 0.197. The fourth-order valence-electron chi connectivity index (χ4n) is 17.1. The van der Waals surface area contributed by atoms with E-state index in [9.17, 15) is 71.5 Å². The number of fused-ring (bicyclic) bond motifs is 7. The van der Waals surface area contributed by atoms with Crippen LogP contribution in [-0.2, 0) is 56.8 Å². The van der Waals surface area contributed by atoms with Crippen molar-refractivity contribution in [2.75, 3.05) is 39.6 Å². The summed E-state index contributed by atoms with van der Waals surface area (Å²) in [6, 6.07) is 0. The van der Waals surface area contributed by atoms with Gasteiger partial charge in [-0.05, 0) is 104 Å². The van der Waals surface area contributed by atoms with Crippen molar-refractivity contribution in [3.63, 3.8) is 0 Å². The first-order valence-corrected chi connectivity index (χ1v) is 29.7. The number of ether oxygens (including phenoxy) is 12. The minimum absolute atomic E-state index is 0.0330. The standard InChI is InChI=1S/C55H90O26/c1-21-7-12-55(72-18-21)22(2)34-30(81-55)14-27-25-6-5-23-13-24(8-10-53(23,3)26(25)9-11-54(27,34)4)73-50-43(69)45(38(64)32(16-57)74-50)78-52-47(42(68)44(33(17-58)76-52)77-48-40(66)35(61)28(59)19-70-48)80-51-46(39(65)37(63)31(15-56)75-51)79-49-41(67)36(62)29(60)20-71-49/h21-52,56-69H,5-20H2,1-4H3. The van der Waals surface area contributed by atoms with Crippen molar-refractivity contribution >= 4 is 0 Å². The maximum Gasteiger partial charge on any atom is 0.187 e. The van der Waals surface area contributed by atoms with Gasteiger partial charge in [0.15, 0.2) is 37.2 Å². The van der Waals surface area contributed by atoms with Crippen LogP contribution < -0.4 is 0 Å². The summed E-state index contributed by atoms with van der Waals surface area (Å²) >= 11 is 0. The van der Waals surface area contributed by atoms with Crippen LogP contribution in [0, 0.1) is 52.3 Å². The Bertz CT molecular complexity index is 2090. The second kappa shape index (κ2) is 24.2. The predicted molar refractivity (Wildman–Crippen MR) is 269 cm³/mol. The number of aliphatic hydroxyl groups is 14. The third-order valence-electron chi connectivity index (χ3n) is 21.7. The molecule has 1 spiro atoms. The fourth-order valence-corrected chi connectivity index (χ4v) is 17.1. The van der Waals surface area contributed by atoms with Gasteiger partial charge in [0.05, 0.1) is 51.8 Å². The van der Waals surface area contributed by atoms with Crippen molar-refractivity contribution in [1.29, 1.82) is 0 Å². The molecular weight excluding hydrogens is 1080 g/mol. The van der Waals surface area contributed by atoms with E-state index in [1.54, 1.807) is 0 Å². The number of rotatable bonds is 13. The van der Waals surface area contributed by atoms with Gasteiger partial charge in [0.2, 0.25) is 0 Å². The van der Waals surface area contributed by atoms with Crippen molar-refractivity contribution in [3.8, 4) is 0 Å². The van der Waals surface area contributed by atoms with Gasteiger partial charge in [0.25, 0.3) is 0 Å². The molecule has 26 heteroatoms. The minimum atomic E-state index is -2.09. The molecule has 11 rings (SSSR count). The molecule has 81 heavy (non-hydrogen) atoms. The highest BCUT2D eigenvalue weighted by Gasteiger charge is 2.69. The summed E-state index contributed by atoms with van der Waals surface area (Å²) in [5, 5.41) is 153. The second-order valence-corrected chi connectivity index (χ2v) is 26.2. The Hall–Kier alpha value is -1.04. The molecule has 35 unspecified atom stereocenters. The molecule has 4 aliphatic carbocycles. The Kier molecular flexibility index (Phi) is 18.4. The predicted octanol–water partition coefficient (Wildman–Crippen LogP) is -3.81. The van der Waals surface area contributed by atoms with Crippen molar-refractivity contribution in [2.45, 2.75) is 251 Å². The number of hydrogen-bond donors (Lipinski definition) is 14. The maximum atomic E-state index is 12.3. The lowest BCUT2D eigenvalue weighted by atomic mass is 9.44. The Balaban J connectivity index is 0.805. The largest absolute Gasteiger partial charge is 0.394 e. The van der Waals surface area contributed by atoms with Gasteiger partial charge in [-0.1, -0.05) is 27.7 Å². The van der Waals surface area contributed by atoms with Crippen LogP contribution in [0.15, 0.2) is 0 Å². The third kappa shape index (κ3) is 10.9. The van der Waals surface area contributed by atoms with E-state index in [0.29, 0.717) is 54.3 Å². The lowest BCUT2D eigenvalue weighted by molar-refractivity contribution is -0.409. The number of aliphatic hydroxyl groups excluding tert-OH is 14. The van der Waals surface area contributed by atoms with E-state index in [0.717, 1.165) is 58.0 Å². The minimum Gasteiger partial charge on any atom is -0.394 e. The van der Waals surface area contributed by atoms with Crippen LogP contribution in [-0.4, -0.2) is 270 Å². The zero-order chi connectivity index (χ0) is 57.8. The summed E-state index contributed by atoms with van der Waals surface area (Å²) in [6.45, 7) is 6.63. The summed E-state index contributed by atoms with van der Waals surface area (Å²) in [6.07, 6.45) is -31.8. The van der Waals surface area contributed by atoms with E-state index in [4.69, 9.17) is 56.8 Å². The molecule has 0 radical (unpaired) electrons. The van der Waals surface area contributed by atoms with Crippen molar-refractivity contribution < 1.29 is 128 Å². The molecule has 7 heterocycles. The lowest BCUT2D eigenvalue weighted by Gasteiger charge is -2.61. The summed E-state index contributed by atoms with van der Waals surface area (Å²) in [4.78, 5) is 0. The monoisotopic (exact) mass is 1170 g/mol. The van der Waals surface area contributed by atoms with Crippen LogP contribution in [0.4, 0.5) is 0 Å². The SMILES string of the molecule is CC1CCC2(OC1)OC1CC3C4CCC5CC(OC6OC(CO)C(O)C(OC7OC(CO)C(OC8OCC(O)C(O)C8O)C(O)C7OC7OC(CO)C(O)C(O)C7OC7OCC(O)C(O)C7O)C6O)CCC5(C)C4CCC3(C)C1C2C. The van der Waals surface area contributed by atoms with Crippen molar-refractivity contribution in [2.24, 2.45) is 52.3 Å². The van der Waals surface area contributed by atoms with Gasteiger partial charge in [0.1, 0.15) is 110 Å². The Morgan fingerprint density at radius 2 is 1.02 bits per heavy atom. The van der Waals surface area contributed by atoms with Crippen LogP contribution >= 0.6 is 0 Å². The number of hydrogen-bond acceptors (Lipinski definition) is 26. The highest BCUT2D eigenvalue weighted by Crippen LogP contribution is 2.71. The Morgan fingerprint density at radius 3 is 1.65 bits per heavy atom. The van der Waals surface area contributed by atoms with Gasteiger partial charge >= 0.3 is 0 Å². The molecule has 26 nitrogen and oxygen atoms in total. The highest BCUT2D eigenvalue weighted by atomic mass is 16.8. The van der Waals surface area contributed by atoms with Gasteiger partial charge in [-0.15, -0.1) is 0 Å². The normalized spacial score (nSPS) is 57.6. The molecule has 14 N–H and O–H groups in total. The van der Waals surface area contributed by atoms with E-state index in [1.165, 1.54) is 0 Å². The molecule has 0 aromatic rings. The first kappa shape index (κ1) is 61.6. The molecule has 7 saturated heterocycles. The molecule has 4 saturated carbocycles. The van der Waals surface area contributed by atoms with Crippen molar-refractivity contribution in [3.05, 3.63) is 0 Å². The van der Waals surface area contributed by atoms with Crippen LogP contribution in [0.1, 0.15) is 91.9 Å². The van der Waals surface area contributed by atoms with Gasteiger partial charge in [-0.2, -0.15) is 0 Å². The van der Waals surface area contributed by atoms with E-state index in [-0.39, 0.29) is 16.9 Å². The van der Waals surface area contributed by atoms with Crippen LogP contribution in [0.3, 0.4) is 0 Å². The molecule has 7 aliphatic heterocycles. The maximum absolute atomic E-state index is 12.3. The van der Waals surface area contributed by atoms with Crippen LogP contribution in [0.5, 0.6) is 0 Å². The Morgan fingerprint density at radius 1 is 0.457 bits per heavy atom. The molecule has 35 atom stereocenters. The van der Waals surface area contributed by atoms with E-state index in [2.05, 4.69) is 27.7 Å². The summed E-state index contributed by atoms with van der Waals surface area (Å²) in [5.74, 6) is 2.76. The molecule has 466 valence electrons. The Labute approximate surface area is 470 Å². The van der Waals surface area contributed by atoms with Crippen LogP contribution in [0.25, 0.3) is 0 Å². The molecule has 11 aliphatic rings. The second-order valence-electron chi connectivity index (χ2n) is 26.2. The molecule has 0 aromatic carbocycles. The average molecular weight is 1170 g/mol. The van der Waals surface area contributed by atoms with Gasteiger partial charge < -0.3 is 128 Å².